The Kier molecular flexibility index (Phi) is 7.68. The lowest BCUT2D eigenvalue weighted by Gasteiger charge is -2.16. The van der Waals surface area contributed by atoms with Crippen LogP contribution in [0.4, 0.5) is 24.5 Å². The molecule has 178 valence electrons. The number of hydrogen-bond acceptors (Lipinski definition) is 4. The highest BCUT2D eigenvalue weighted by Gasteiger charge is 2.31. The van der Waals surface area contributed by atoms with Gasteiger partial charge in [-0.05, 0) is 61.5 Å². The van der Waals surface area contributed by atoms with Crippen LogP contribution in [0.15, 0.2) is 66.7 Å². The number of alkyl halides is 3. The van der Waals surface area contributed by atoms with Gasteiger partial charge in [0, 0.05) is 5.56 Å². The molecule has 34 heavy (non-hydrogen) atoms. The van der Waals surface area contributed by atoms with Gasteiger partial charge in [0.1, 0.15) is 11.5 Å². The molecule has 0 bridgehead atoms. The predicted molar refractivity (Wildman–Crippen MR) is 123 cm³/mol. The van der Waals surface area contributed by atoms with Gasteiger partial charge < -0.3 is 20.1 Å². The zero-order chi connectivity index (χ0) is 24.9. The van der Waals surface area contributed by atoms with E-state index in [1.54, 1.807) is 24.3 Å². The van der Waals surface area contributed by atoms with Crippen LogP contribution in [-0.4, -0.2) is 25.0 Å². The molecule has 0 saturated heterocycles. The maximum Gasteiger partial charge on any atom is 0.416 e. The van der Waals surface area contributed by atoms with E-state index in [1.165, 1.54) is 38.3 Å². The Hall–Kier alpha value is -3.72. The summed E-state index contributed by atoms with van der Waals surface area (Å²) in [6.07, 6.45) is -5.63. The number of anilines is 2. The topological polar surface area (TPSA) is 76.7 Å². The molecule has 2 N–H and O–H groups in total. The lowest BCUT2D eigenvalue weighted by molar-refractivity contribution is -0.137. The Morgan fingerprint density at radius 1 is 0.941 bits per heavy atom. The maximum absolute atomic E-state index is 12.9. The average Bonchev–Trinajstić information content (AvgIpc) is 2.80. The molecule has 3 aromatic carbocycles. The summed E-state index contributed by atoms with van der Waals surface area (Å²) in [6, 6.07) is 15.6. The van der Waals surface area contributed by atoms with Crippen molar-refractivity contribution in [2.45, 2.75) is 19.2 Å². The summed E-state index contributed by atoms with van der Waals surface area (Å²) >= 11 is 5.91. The van der Waals surface area contributed by atoms with Crippen LogP contribution in [0.3, 0.4) is 0 Å². The lowest BCUT2D eigenvalue weighted by atomic mass is 10.2. The van der Waals surface area contributed by atoms with Crippen molar-refractivity contribution in [3.8, 4) is 11.5 Å². The Bertz CT molecular complexity index is 1180. The molecule has 2 amide bonds. The van der Waals surface area contributed by atoms with E-state index in [9.17, 15) is 22.8 Å². The molecule has 1 atom stereocenters. The summed E-state index contributed by atoms with van der Waals surface area (Å²) < 4.78 is 49.5. The van der Waals surface area contributed by atoms with E-state index >= 15 is 0 Å². The summed E-state index contributed by atoms with van der Waals surface area (Å²) in [6.45, 7) is 1.43. The van der Waals surface area contributed by atoms with Gasteiger partial charge in [-0.25, -0.2) is 0 Å². The van der Waals surface area contributed by atoms with E-state index in [2.05, 4.69) is 10.6 Å². The Morgan fingerprint density at radius 2 is 1.62 bits per heavy atom. The first-order chi connectivity index (χ1) is 16.1. The van der Waals surface area contributed by atoms with Crippen LogP contribution < -0.4 is 20.1 Å². The largest absolute Gasteiger partial charge is 0.495 e. The molecule has 0 fully saturated rings. The number of methoxy groups -OCH3 is 1. The molecule has 0 aliphatic rings. The van der Waals surface area contributed by atoms with E-state index in [-0.39, 0.29) is 22.4 Å². The van der Waals surface area contributed by atoms with Crippen LogP contribution in [0, 0.1) is 0 Å². The van der Waals surface area contributed by atoms with Crippen LogP contribution in [-0.2, 0) is 11.0 Å². The van der Waals surface area contributed by atoms with E-state index in [4.69, 9.17) is 21.1 Å². The van der Waals surface area contributed by atoms with Crippen LogP contribution in [0.2, 0.25) is 5.02 Å². The Morgan fingerprint density at radius 3 is 2.26 bits per heavy atom. The Labute approximate surface area is 198 Å². The quantitative estimate of drug-likeness (QED) is 0.422. The van der Waals surface area contributed by atoms with Crippen molar-refractivity contribution in [3.05, 3.63) is 82.9 Å². The smallest absolute Gasteiger partial charge is 0.416 e. The fourth-order valence-corrected chi connectivity index (χ4v) is 3.08. The second-order valence-corrected chi connectivity index (χ2v) is 7.53. The second kappa shape index (κ2) is 10.5. The first-order valence-electron chi connectivity index (χ1n) is 9.97. The highest BCUT2D eigenvalue weighted by Crippen LogP contribution is 2.34. The fraction of sp³-hybridized carbons (Fsp3) is 0.167. The van der Waals surface area contributed by atoms with Crippen molar-refractivity contribution >= 4 is 34.8 Å². The van der Waals surface area contributed by atoms with Gasteiger partial charge in [0.2, 0.25) is 0 Å². The molecule has 0 spiro atoms. The number of halogens is 4. The number of carbonyl (C=O) groups excluding carboxylic acids is 2. The van der Waals surface area contributed by atoms with Crippen molar-refractivity contribution in [3.63, 3.8) is 0 Å². The number of para-hydroxylation sites is 2. The molecule has 0 aliphatic carbocycles. The summed E-state index contributed by atoms with van der Waals surface area (Å²) in [5, 5.41) is 5.04. The minimum Gasteiger partial charge on any atom is -0.495 e. The fourth-order valence-electron chi connectivity index (χ4n) is 2.92. The molecule has 10 heteroatoms. The monoisotopic (exact) mass is 492 g/mol. The van der Waals surface area contributed by atoms with Crippen molar-refractivity contribution < 1.29 is 32.2 Å². The predicted octanol–water partition coefficient (Wildman–Crippen LogP) is 6.03. The molecule has 0 heterocycles. The van der Waals surface area contributed by atoms with E-state index in [0.29, 0.717) is 17.0 Å². The van der Waals surface area contributed by atoms with Crippen LogP contribution in [0.5, 0.6) is 11.5 Å². The second-order valence-electron chi connectivity index (χ2n) is 7.12. The summed E-state index contributed by atoms with van der Waals surface area (Å²) in [7, 11) is 1.50. The number of hydrogen-bond donors (Lipinski definition) is 2. The highest BCUT2D eigenvalue weighted by atomic mass is 35.5. The molecular weight excluding hydrogens is 473 g/mol. The molecule has 0 saturated carbocycles. The van der Waals surface area contributed by atoms with Crippen molar-refractivity contribution in [2.75, 3.05) is 17.7 Å². The number of nitrogens with one attached hydrogen (secondary N) is 2. The van der Waals surface area contributed by atoms with Gasteiger partial charge in [0.15, 0.2) is 6.10 Å². The van der Waals surface area contributed by atoms with Crippen LogP contribution >= 0.6 is 11.6 Å². The number of benzene rings is 3. The van der Waals surface area contributed by atoms with Crippen LogP contribution in [0.1, 0.15) is 22.8 Å². The molecule has 0 radical (unpaired) electrons. The summed E-state index contributed by atoms with van der Waals surface area (Å²) in [5.74, 6) is -0.275. The van der Waals surface area contributed by atoms with E-state index in [1.807, 2.05) is 0 Å². The van der Waals surface area contributed by atoms with E-state index < -0.39 is 23.8 Å². The third-order valence-electron chi connectivity index (χ3n) is 4.71. The normalized spacial score (nSPS) is 11.9. The maximum atomic E-state index is 12.9. The highest BCUT2D eigenvalue weighted by molar-refractivity contribution is 6.33. The minimum atomic E-state index is -4.58. The number of ether oxygens (including phenoxy) is 2. The molecule has 0 aliphatic heterocycles. The molecular formula is C24H20ClF3N2O4. The number of amides is 2. The van der Waals surface area contributed by atoms with Crippen molar-refractivity contribution in [1.29, 1.82) is 0 Å². The van der Waals surface area contributed by atoms with Crippen molar-refractivity contribution in [1.82, 2.24) is 0 Å². The zero-order valence-corrected chi connectivity index (χ0v) is 18.8. The van der Waals surface area contributed by atoms with Gasteiger partial charge in [-0.3, -0.25) is 9.59 Å². The molecule has 3 aromatic rings. The summed E-state index contributed by atoms with van der Waals surface area (Å²) in [4.78, 5) is 24.9. The van der Waals surface area contributed by atoms with Gasteiger partial charge in [0.05, 0.1) is 29.1 Å². The molecule has 3 rings (SSSR count). The van der Waals surface area contributed by atoms with Gasteiger partial charge in [0.25, 0.3) is 11.8 Å². The first kappa shape index (κ1) is 24.9. The standard InChI is InChI=1S/C24H20ClF3N2O4/c1-14(22(31)30-20-13-16(24(26,27)28)9-12-18(20)25)34-17-10-7-15(8-11-17)23(32)29-19-5-3-4-6-21(19)33-2/h3-14H,1-2H3,(H,29,32)(H,30,31)/t14-/m1/s1. The molecule has 0 unspecified atom stereocenters. The minimum absolute atomic E-state index is 0.0426. The van der Waals surface area contributed by atoms with Gasteiger partial charge in [-0.1, -0.05) is 23.7 Å². The average molecular weight is 493 g/mol. The zero-order valence-electron chi connectivity index (χ0n) is 18.1. The molecule has 6 nitrogen and oxygen atoms in total. The third-order valence-corrected chi connectivity index (χ3v) is 5.03. The number of carbonyl (C=O) groups is 2. The van der Waals surface area contributed by atoms with Gasteiger partial charge in [-0.2, -0.15) is 13.2 Å². The van der Waals surface area contributed by atoms with Gasteiger partial charge in [-0.15, -0.1) is 0 Å². The lowest BCUT2D eigenvalue weighted by Crippen LogP contribution is -2.30. The third kappa shape index (κ3) is 6.20. The van der Waals surface area contributed by atoms with Crippen LogP contribution in [0.25, 0.3) is 0 Å². The van der Waals surface area contributed by atoms with E-state index in [0.717, 1.165) is 18.2 Å². The Balaban J connectivity index is 1.63. The molecule has 0 aromatic heterocycles. The summed E-state index contributed by atoms with van der Waals surface area (Å²) in [5.41, 5.74) is -0.275. The SMILES string of the molecule is COc1ccccc1NC(=O)c1ccc(O[C@H](C)C(=O)Nc2cc(C(F)(F)F)ccc2Cl)cc1. The van der Waals surface area contributed by atoms with Gasteiger partial charge >= 0.3 is 6.18 Å². The van der Waals surface area contributed by atoms with Crippen molar-refractivity contribution in [2.24, 2.45) is 0 Å². The number of rotatable bonds is 7. The first-order valence-corrected chi connectivity index (χ1v) is 10.3.